The highest BCUT2D eigenvalue weighted by Crippen LogP contribution is 2.19. The first-order valence-electron chi connectivity index (χ1n) is 7.67. The van der Waals surface area contributed by atoms with E-state index in [0.29, 0.717) is 18.7 Å². The average Bonchev–Trinajstić information content (AvgIpc) is 2.57. The third kappa shape index (κ3) is 3.84. The maximum absolute atomic E-state index is 12.5. The van der Waals surface area contributed by atoms with E-state index in [1.807, 2.05) is 24.3 Å². The molecule has 1 aliphatic rings. The molecule has 0 spiro atoms. The number of carbonyl (C=O) groups excluding carboxylic acids is 1. The molecule has 0 radical (unpaired) electrons. The number of rotatable bonds is 3. The third-order valence-corrected chi connectivity index (χ3v) is 4.37. The molecule has 2 aromatic carbocycles. The molecule has 0 bridgehead atoms. The van der Waals surface area contributed by atoms with Crippen LogP contribution in [0.15, 0.2) is 48.5 Å². The Hall–Kier alpha value is -2.04. The fourth-order valence-corrected chi connectivity index (χ4v) is 2.91. The summed E-state index contributed by atoms with van der Waals surface area (Å²) in [6.07, 6.45) is 0. The van der Waals surface area contributed by atoms with E-state index in [1.54, 1.807) is 29.2 Å². The number of benzene rings is 2. The predicted octanol–water partition coefficient (Wildman–Crippen LogP) is 3.00. The van der Waals surface area contributed by atoms with E-state index in [-0.39, 0.29) is 11.7 Å². The Labute approximate surface area is 140 Å². The van der Waals surface area contributed by atoms with Gasteiger partial charge in [0.15, 0.2) is 0 Å². The Morgan fingerprint density at radius 2 is 1.65 bits per heavy atom. The molecule has 1 saturated heterocycles. The number of para-hydroxylation sites is 1. The molecule has 1 aliphatic heterocycles. The summed E-state index contributed by atoms with van der Waals surface area (Å²) in [4.78, 5) is 16.6. The summed E-state index contributed by atoms with van der Waals surface area (Å²) >= 11 is 5.90. The standard InChI is InChI=1S/C18H19ClN2O2/c19-15-7-5-14(6-8-15)13-20-9-11-21(12-10-20)18(23)16-3-1-2-4-17(16)22/h1-8,22H,9-13H2. The molecular formula is C18H19ClN2O2. The minimum absolute atomic E-state index is 0.0427. The van der Waals surface area contributed by atoms with Gasteiger partial charge in [0.25, 0.3) is 5.91 Å². The van der Waals surface area contributed by atoms with Crippen molar-refractivity contribution >= 4 is 17.5 Å². The van der Waals surface area contributed by atoms with Crippen molar-refractivity contribution in [3.8, 4) is 5.75 Å². The Kier molecular flexibility index (Phi) is 4.84. The number of hydrogen-bond donors (Lipinski definition) is 1. The number of aromatic hydroxyl groups is 1. The molecule has 0 aromatic heterocycles. The molecular weight excluding hydrogens is 312 g/mol. The van der Waals surface area contributed by atoms with Crippen LogP contribution in [0.25, 0.3) is 0 Å². The highest BCUT2D eigenvalue weighted by atomic mass is 35.5. The van der Waals surface area contributed by atoms with Crippen molar-refractivity contribution in [1.82, 2.24) is 9.80 Å². The summed E-state index contributed by atoms with van der Waals surface area (Å²) in [6, 6.07) is 14.6. The van der Waals surface area contributed by atoms with Gasteiger partial charge in [-0.15, -0.1) is 0 Å². The van der Waals surface area contributed by atoms with Crippen LogP contribution in [-0.4, -0.2) is 47.0 Å². The van der Waals surface area contributed by atoms with E-state index in [2.05, 4.69) is 4.90 Å². The lowest BCUT2D eigenvalue weighted by Crippen LogP contribution is -2.48. The van der Waals surface area contributed by atoms with Crippen molar-refractivity contribution < 1.29 is 9.90 Å². The second-order valence-corrected chi connectivity index (χ2v) is 6.15. The van der Waals surface area contributed by atoms with Gasteiger partial charge < -0.3 is 10.0 Å². The van der Waals surface area contributed by atoms with Crippen LogP contribution in [0.3, 0.4) is 0 Å². The maximum Gasteiger partial charge on any atom is 0.257 e. The molecule has 1 amide bonds. The topological polar surface area (TPSA) is 43.8 Å². The molecule has 1 fully saturated rings. The Morgan fingerprint density at radius 1 is 1.00 bits per heavy atom. The molecule has 0 aliphatic carbocycles. The molecule has 1 N–H and O–H groups in total. The van der Waals surface area contributed by atoms with Crippen molar-refractivity contribution in [2.75, 3.05) is 26.2 Å². The number of hydrogen-bond acceptors (Lipinski definition) is 3. The first-order valence-corrected chi connectivity index (χ1v) is 8.05. The fourth-order valence-electron chi connectivity index (χ4n) is 2.78. The van der Waals surface area contributed by atoms with Crippen molar-refractivity contribution in [3.63, 3.8) is 0 Å². The van der Waals surface area contributed by atoms with Crippen LogP contribution in [0.2, 0.25) is 5.02 Å². The van der Waals surface area contributed by atoms with Gasteiger partial charge in [0, 0.05) is 37.7 Å². The number of phenols is 1. The second-order valence-electron chi connectivity index (χ2n) is 5.71. The lowest BCUT2D eigenvalue weighted by atomic mass is 10.1. The summed E-state index contributed by atoms with van der Waals surface area (Å²) in [7, 11) is 0. The van der Waals surface area contributed by atoms with E-state index < -0.39 is 0 Å². The van der Waals surface area contributed by atoms with Crippen LogP contribution in [0.1, 0.15) is 15.9 Å². The summed E-state index contributed by atoms with van der Waals surface area (Å²) < 4.78 is 0. The van der Waals surface area contributed by atoms with Gasteiger partial charge in [-0.2, -0.15) is 0 Å². The Morgan fingerprint density at radius 3 is 2.30 bits per heavy atom. The first kappa shape index (κ1) is 15.8. The fraction of sp³-hybridized carbons (Fsp3) is 0.278. The van der Waals surface area contributed by atoms with Gasteiger partial charge in [0.05, 0.1) is 5.56 Å². The van der Waals surface area contributed by atoms with Crippen LogP contribution in [0.4, 0.5) is 0 Å². The molecule has 2 aromatic rings. The van der Waals surface area contributed by atoms with Gasteiger partial charge in [0.1, 0.15) is 5.75 Å². The Bertz CT molecular complexity index is 680. The Balaban J connectivity index is 1.57. The zero-order valence-electron chi connectivity index (χ0n) is 12.8. The zero-order chi connectivity index (χ0) is 16.2. The molecule has 0 atom stereocenters. The van der Waals surface area contributed by atoms with Gasteiger partial charge in [-0.1, -0.05) is 35.9 Å². The van der Waals surface area contributed by atoms with Crippen LogP contribution >= 0.6 is 11.6 Å². The summed E-state index contributed by atoms with van der Waals surface area (Å²) in [6.45, 7) is 3.83. The van der Waals surface area contributed by atoms with Gasteiger partial charge in [0.2, 0.25) is 0 Å². The molecule has 4 nitrogen and oxygen atoms in total. The molecule has 120 valence electrons. The highest BCUT2D eigenvalue weighted by molar-refractivity contribution is 6.30. The molecule has 1 heterocycles. The third-order valence-electron chi connectivity index (χ3n) is 4.11. The number of nitrogens with zero attached hydrogens (tertiary/aromatic N) is 2. The maximum atomic E-state index is 12.5. The quantitative estimate of drug-likeness (QED) is 0.941. The van der Waals surface area contributed by atoms with Crippen LogP contribution < -0.4 is 0 Å². The summed E-state index contributed by atoms with van der Waals surface area (Å²) in [5, 5.41) is 10.6. The molecule has 0 saturated carbocycles. The molecule has 3 rings (SSSR count). The van der Waals surface area contributed by atoms with Crippen molar-refractivity contribution in [2.45, 2.75) is 6.54 Å². The summed E-state index contributed by atoms with van der Waals surface area (Å²) in [5.74, 6) is -0.0599. The van der Waals surface area contributed by atoms with Gasteiger partial charge in [-0.3, -0.25) is 9.69 Å². The largest absolute Gasteiger partial charge is 0.507 e. The SMILES string of the molecule is O=C(c1ccccc1O)N1CCN(Cc2ccc(Cl)cc2)CC1. The average molecular weight is 331 g/mol. The lowest BCUT2D eigenvalue weighted by Gasteiger charge is -2.34. The van der Waals surface area contributed by atoms with E-state index >= 15 is 0 Å². The van der Waals surface area contributed by atoms with Gasteiger partial charge in [-0.25, -0.2) is 0 Å². The lowest BCUT2D eigenvalue weighted by molar-refractivity contribution is 0.0625. The number of carbonyl (C=O) groups is 1. The van der Waals surface area contributed by atoms with Crippen molar-refractivity contribution in [1.29, 1.82) is 0 Å². The molecule has 23 heavy (non-hydrogen) atoms. The monoisotopic (exact) mass is 330 g/mol. The minimum Gasteiger partial charge on any atom is -0.507 e. The normalized spacial score (nSPS) is 15.6. The van der Waals surface area contributed by atoms with Gasteiger partial charge >= 0.3 is 0 Å². The smallest absolute Gasteiger partial charge is 0.257 e. The zero-order valence-corrected chi connectivity index (χ0v) is 13.5. The molecule has 0 unspecified atom stereocenters. The predicted molar refractivity (Wildman–Crippen MR) is 90.7 cm³/mol. The number of phenolic OH excluding ortho intramolecular Hbond substituents is 1. The first-order chi connectivity index (χ1) is 11.1. The van der Waals surface area contributed by atoms with Crippen LogP contribution in [0, 0.1) is 0 Å². The second kappa shape index (κ2) is 7.02. The number of amides is 1. The number of halogens is 1. The van der Waals surface area contributed by atoms with Crippen molar-refractivity contribution in [2.24, 2.45) is 0 Å². The number of piperazine rings is 1. The van der Waals surface area contributed by atoms with E-state index in [4.69, 9.17) is 11.6 Å². The van der Waals surface area contributed by atoms with Gasteiger partial charge in [-0.05, 0) is 29.8 Å². The molecule has 5 heteroatoms. The van der Waals surface area contributed by atoms with Crippen LogP contribution in [0.5, 0.6) is 5.75 Å². The van der Waals surface area contributed by atoms with E-state index in [0.717, 1.165) is 24.7 Å². The van der Waals surface area contributed by atoms with E-state index in [1.165, 1.54) is 5.56 Å². The highest BCUT2D eigenvalue weighted by Gasteiger charge is 2.23. The summed E-state index contributed by atoms with van der Waals surface area (Å²) in [5.41, 5.74) is 1.59. The van der Waals surface area contributed by atoms with Crippen LogP contribution in [-0.2, 0) is 6.54 Å². The minimum atomic E-state index is -0.103. The van der Waals surface area contributed by atoms with E-state index in [9.17, 15) is 9.90 Å². The van der Waals surface area contributed by atoms with Crippen molar-refractivity contribution in [3.05, 3.63) is 64.7 Å².